The minimum atomic E-state index is -4.64. The van der Waals surface area contributed by atoms with Crippen LogP contribution in [0.5, 0.6) is 0 Å². The van der Waals surface area contributed by atoms with Crippen molar-refractivity contribution in [3.05, 3.63) is 57.7 Å². The van der Waals surface area contributed by atoms with E-state index >= 15 is 0 Å². The lowest BCUT2D eigenvalue weighted by Gasteiger charge is -2.10. The zero-order chi connectivity index (χ0) is 16.5. The predicted molar refractivity (Wildman–Crippen MR) is 84.9 cm³/mol. The smallest absolute Gasteiger partial charge is 0.354 e. The highest BCUT2D eigenvalue weighted by molar-refractivity contribution is 7.45. The fourth-order valence-electron chi connectivity index (χ4n) is 2.19. The van der Waals surface area contributed by atoms with Gasteiger partial charge in [0, 0.05) is 16.6 Å². The second-order valence-electron chi connectivity index (χ2n) is 4.98. The Morgan fingerprint density at radius 2 is 1.64 bits per heavy atom. The average molecular weight is 321 g/mol. The summed E-state index contributed by atoms with van der Waals surface area (Å²) in [5.41, 5.74) is 4.74. The van der Waals surface area contributed by atoms with Crippen molar-refractivity contribution in [3.63, 3.8) is 0 Å². The van der Waals surface area contributed by atoms with Crippen molar-refractivity contribution in [2.24, 2.45) is 0 Å². The van der Waals surface area contributed by atoms with Gasteiger partial charge in [0.25, 0.3) is 0 Å². The number of pyridine rings is 1. The fraction of sp³-hybridized carbons (Fsp3) is 0.133. The number of aryl methyl sites for hydroxylation is 1. The van der Waals surface area contributed by atoms with Crippen LogP contribution in [0.15, 0.2) is 41.2 Å². The second kappa shape index (κ2) is 6.02. The summed E-state index contributed by atoms with van der Waals surface area (Å²) in [7, 11) is -4.64. The molecule has 0 radical (unpaired) electrons. The van der Waals surface area contributed by atoms with Gasteiger partial charge >= 0.3 is 7.82 Å². The van der Waals surface area contributed by atoms with Gasteiger partial charge in [-0.3, -0.25) is 4.79 Å². The molecule has 0 atom stereocenters. The van der Waals surface area contributed by atoms with Crippen molar-refractivity contribution in [2.75, 3.05) is 0 Å². The summed E-state index contributed by atoms with van der Waals surface area (Å²) in [6.45, 7) is 3.85. The SMILES string of the molecule is Cc1cc2[nH]c3ccccc3cc-2c(=O)c1C.O=P(O)(O)O. The van der Waals surface area contributed by atoms with Crippen LogP contribution in [0.25, 0.3) is 22.2 Å². The Bertz CT molecular complexity index is 888. The highest BCUT2D eigenvalue weighted by atomic mass is 31.2. The van der Waals surface area contributed by atoms with E-state index in [0.29, 0.717) is 0 Å². The number of hydrogen-bond donors (Lipinski definition) is 4. The molecule has 7 heteroatoms. The Morgan fingerprint density at radius 1 is 1.05 bits per heavy atom. The summed E-state index contributed by atoms with van der Waals surface area (Å²) in [6.07, 6.45) is 0. The van der Waals surface area contributed by atoms with Crippen molar-refractivity contribution in [1.29, 1.82) is 0 Å². The van der Waals surface area contributed by atoms with Gasteiger partial charge in [-0.2, -0.15) is 0 Å². The monoisotopic (exact) mass is 321 g/mol. The minimum Gasteiger partial charge on any atom is -0.354 e. The van der Waals surface area contributed by atoms with Crippen molar-refractivity contribution >= 4 is 18.7 Å². The van der Waals surface area contributed by atoms with Gasteiger partial charge < -0.3 is 19.7 Å². The van der Waals surface area contributed by atoms with E-state index in [1.165, 1.54) is 0 Å². The molecule has 1 aromatic carbocycles. The van der Waals surface area contributed by atoms with Crippen molar-refractivity contribution in [1.82, 2.24) is 4.98 Å². The van der Waals surface area contributed by atoms with Crippen LogP contribution in [0.4, 0.5) is 0 Å². The number of aromatic nitrogens is 1. The molecule has 4 N–H and O–H groups in total. The largest absolute Gasteiger partial charge is 0.466 e. The maximum Gasteiger partial charge on any atom is 0.466 e. The highest BCUT2D eigenvalue weighted by Gasteiger charge is 2.11. The first-order valence-corrected chi connectivity index (χ1v) is 8.03. The number of nitrogens with one attached hydrogen (secondary N) is 1. The predicted octanol–water partition coefficient (Wildman–Crippen LogP) is 2.32. The van der Waals surface area contributed by atoms with E-state index < -0.39 is 7.82 Å². The van der Waals surface area contributed by atoms with Gasteiger partial charge in [-0.25, -0.2) is 4.57 Å². The molecule has 0 fully saturated rings. The van der Waals surface area contributed by atoms with E-state index in [9.17, 15) is 4.79 Å². The second-order valence-corrected chi connectivity index (χ2v) is 6.01. The van der Waals surface area contributed by atoms with E-state index in [2.05, 4.69) is 4.98 Å². The lowest BCUT2D eigenvalue weighted by molar-refractivity contribution is 0.275. The number of phosphoric acid groups is 1. The highest BCUT2D eigenvalue weighted by Crippen LogP contribution is 2.26. The zero-order valence-electron chi connectivity index (χ0n) is 12.1. The zero-order valence-corrected chi connectivity index (χ0v) is 13.0. The molecule has 0 aromatic heterocycles. The molecule has 116 valence electrons. The number of hydrogen-bond acceptors (Lipinski definition) is 2. The van der Waals surface area contributed by atoms with E-state index in [-0.39, 0.29) is 5.43 Å². The number of H-pyrrole nitrogens is 1. The summed E-state index contributed by atoms with van der Waals surface area (Å²) >= 11 is 0. The molecule has 6 nitrogen and oxygen atoms in total. The Kier molecular flexibility index (Phi) is 4.49. The number of aromatic amines is 1. The first-order valence-electron chi connectivity index (χ1n) is 6.47. The van der Waals surface area contributed by atoms with Crippen LogP contribution < -0.4 is 5.43 Å². The molecule has 1 aliphatic heterocycles. The van der Waals surface area contributed by atoms with E-state index in [1.807, 2.05) is 50.2 Å². The van der Waals surface area contributed by atoms with Gasteiger partial charge in [-0.15, -0.1) is 0 Å². The summed E-state index contributed by atoms with van der Waals surface area (Å²) in [6, 6.07) is 12.0. The molecule has 3 rings (SSSR count). The van der Waals surface area contributed by atoms with E-state index in [0.717, 1.165) is 33.3 Å². The van der Waals surface area contributed by atoms with Gasteiger partial charge in [-0.1, -0.05) is 18.2 Å². The summed E-state index contributed by atoms with van der Waals surface area (Å²) in [4.78, 5) is 37.1. The molecule has 0 bridgehead atoms. The Hall–Kier alpha value is -1.98. The molecule has 22 heavy (non-hydrogen) atoms. The lowest BCUT2D eigenvalue weighted by Crippen LogP contribution is -2.12. The van der Waals surface area contributed by atoms with Crippen molar-refractivity contribution in [2.45, 2.75) is 13.8 Å². The van der Waals surface area contributed by atoms with Gasteiger partial charge in [-0.05, 0) is 43.0 Å². The fourth-order valence-corrected chi connectivity index (χ4v) is 2.19. The van der Waals surface area contributed by atoms with Gasteiger partial charge in [0.05, 0.1) is 5.69 Å². The number of rotatable bonds is 0. The van der Waals surface area contributed by atoms with Crippen LogP contribution in [0.2, 0.25) is 0 Å². The van der Waals surface area contributed by atoms with Crippen LogP contribution in [-0.2, 0) is 4.57 Å². The van der Waals surface area contributed by atoms with Crippen LogP contribution >= 0.6 is 7.82 Å². The van der Waals surface area contributed by atoms with Crippen LogP contribution in [0.3, 0.4) is 0 Å². The Labute approximate surface area is 126 Å². The van der Waals surface area contributed by atoms with Gasteiger partial charge in [0.15, 0.2) is 5.43 Å². The lowest BCUT2D eigenvalue weighted by atomic mass is 9.99. The molecule has 0 saturated heterocycles. The Morgan fingerprint density at radius 3 is 2.27 bits per heavy atom. The first-order chi connectivity index (χ1) is 10.2. The molecule has 0 unspecified atom stereocenters. The average Bonchev–Trinajstić information content (AvgIpc) is 2.42. The third kappa shape index (κ3) is 3.81. The molecule has 0 saturated carbocycles. The summed E-state index contributed by atoms with van der Waals surface area (Å²) in [5, 5.41) is 1.07. The number of fused-ring (bicyclic) bond motifs is 2. The maximum atomic E-state index is 12.2. The molecule has 0 amide bonds. The quantitative estimate of drug-likeness (QED) is 0.375. The minimum absolute atomic E-state index is 0.127. The standard InChI is InChI=1S/C15H13NO.H3O4P/c1-9-7-14-12(15(17)10(9)2)8-11-5-3-4-6-13(11)16-14;1-5(2,3)4/h3-8,16H,1-2H3;(H3,1,2,3,4). The van der Waals surface area contributed by atoms with Gasteiger partial charge in [0.1, 0.15) is 0 Å². The van der Waals surface area contributed by atoms with E-state index in [1.54, 1.807) is 0 Å². The third-order valence-electron chi connectivity index (χ3n) is 3.36. The molecular weight excluding hydrogens is 305 g/mol. The van der Waals surface area contributed by atoms with E-state index in [4.69, 9.17) is 19.2 Å². The first kappa shape index (κ1) is 16.4. The molecule has 1 aromatic rings. The number of benzene rings is 2. The molecular formula is C15H16NO5P. The topological polar surface area (TPSA) is 111 Å². The molecule has 1 heterocycles. The van der Waals surface area contributed by atoms with Crippen LogP contribution in [0, 0.1) is 13.8 Å². The van der Waals surface area contributed by atoms with Crippen LogP contribution in [-0.4, -0.2) is 19.7 Å². The van der Waals surface area contributed by atoms with Crippen LogP contribution in [0.1, 0.15) is 11.1 Å². The Balaban J connectivity index is 0.000000309. The normalized spacial score (nSPS) is 11.3. The van der Waals surface area contributed by atoms with Crippen molar-refractivity contribution < 1.29 is 19.2 Å². The summed E-state index contributed by atoms with van der Waals surface area (Å²) in [5.74, 6) is 0. The van der Waals surface area contributed by atoms with Crippen molar-refractivity contribution in [3.8, 4) is 11.3 Å². The molecule has 1 aliphatic carbocycles. The maximum absolute atomic E-state index is 12.2. The summed E-state index contributed by atoms with van der Waals surface area (Å²) < 4.78 is 8.88. The molecule has 2 aliphatic rings. The molecule has 0 spiro atoms. The van der Waals surface area contributed by atoms with Gasteiger partial charge in [0.2, 0.25) is 0 Å². The third-order valence-corrected chi connectivity index (χ3v) is 3.36. The number of para-hydroxylation sites is 1.